The molecule has 0 aliphatic heterocycles. The van der Waals surface area contributed by atoms with E-state index < -0.39 is 0 Å². The van der Waals surface area contributed by atoms with Crippen molar-refractivity contribution < 1.29 is 15.1 Å². The SMILES string of the molecule is CC(C)(C)c1nc(C=CC(COc2ccccc2)=NO)nc(C(C)(C)C)c1O. The molecule has 0 bridgehead atoms. The van der Waals surface area contributed by atoms with Gasteiger partial charge in [0.15, 0.2) is 11.6 Å². The van der Waals surface area contributed by atoms with Gasteiger partial charge in [-0.25, -0.2) is 9.97 Å². The average molecular weight is 383 g/mol. The van der Waals surface area contributed by atoms with Gasteiger partial charge in [0.25, 0.3) is 0 Å². The Morgan fingerprint density at radius 1 is 1.00 bits per heavy atom. The Hall–Kier alpha value is -2.89. The maximum absolute atomic E-state index is 10.7. The highest BCUT2D eigenvalue weighted by atomic mass is 16.5. The van der Waals surface area contributed by atoms with E-state index in [9.17, 15) is 10.3 Å². The molecular weight excluding hydrogens is 354 g/mol. The molecule has 1 aromatic carbocycles. The van der Waals surface area contributed by atoms with Gasteiger partial charge >= 0.3 is 0 Å². The monoisotopic (exact) mass is 383 g/mol. The lowest BCUT2D eigenvalue weighted by Crippen LogP contribution is -2.21. The second-order valence-corrected chi connectivity index (χ2v) is 8.65. The summed E-state index contributed by atoms with van der Waals surface area (Å²) < 4.78 is 5.60. The fourth-order valence-corrected chi connectivity index (χ4v) is 2.55. The molecule has 0 atom stereocenters. The first-order chi connectivity index (χ1) is 13.0. The van der Waals surface area contributed by atoms with E-state index in [-0.39, 0.29) is 23.2 Å². The highest BCUT2D eigenvalue weighted by Crippen LogP contribution is 2.36. The standard InChI is InChI=1S/C22H29N3O3/c1-21(2,3)19-18(26)20(22(4,5)6)24-17(23-19)13-12-15(25-27)14-28-16-10-8-7-9-11-16/h7-13,26-27H,14H2,1-6H3. The molecule has 0 saturated heterocycles. The summed E-state index contributed by atoms with van der Waals surface area (Å²) in [5, 5.41) is 23.2. The summed E-state index contributed by atoms with van der Waals surface area (Å²) in [5.41, 5.74) is 0.792. The van der Waals surface area contributed by atoms with Crippen LogP contribution in [0.3, 0.4) is 0 Å². The Balaban J connectivity index is 2.30. The Labute approximate surface area is 166 Å². The van der Waals surface area contributed by atoms with Crippen LogP contribution in [0.1, 0.15) is 58.8 Å². The lowest BCUT2D eigenvalue weighted by Gasteiger charge is -2.25. The van der Waals surface area contributed by atoms with Gasteiger partial charge in [0.2, 0.25) is 0 Å². The fourth-order valence-electron chi connectivity index (χ4n) is 2.55. The number of nitrogens with zero attached hydrogens (tertiary/aromatic N) is 3. The minimum Gasteiger partial charge on any atom is -0.504 e. The Morgan fingerprint density at radius 3 is 2.00 bits per heavy atom. The van der Waals surface area contributed by atoms with E-state index in [1.807, 2.05) is 71.9 Å². The number of benzene rings is 1. The second-order valence-electron chi connectivity index (χ2n) is 8.65. The molecule has 0 amide bonds. The van der Waals surface area contributed by atoms with Crippen LogP contribution in [0.2, 0.25) is 0 Å². The van der Waals surface area contributed by atoms with Crippen molar-refractivity contribution in [2.75, 3.05) is 6.61 Å². The van der Waals surface area contributed by atoms with E-state index >= 15 is 0 Å². The van der Waals surface area contributed by atoms with Crippen LogP contribution in [0.5, 0.6) is 11.5 Å². The summed E-state index contributed by atoms with van der Waals surface area (Å²) in [5.74, 6) is 1.25. The van der Waals surface area contributed by atoms with E-state index in [1.165, 1.54) is 0 Å². The Kier molecular flexibility index (Phi) is 6.44. The van der Waals surface area contributed by atoms with Crippen LogP contribution in [0.4, 0.5) is 0 Å². The van der Waals surface area contributed by atoms with Gasteiger partial charge in [0, 0.05) is 10.8 Å². The number of para-hydroxylation sites is 1. The van der Waals surface area contributed by atoms with E-state index in [0.717, 1.165) is 0 Å². The van der Waals surface area contributed by atoms with Gasteiger partial charge in [0.05, 0.1) is 11.4 Å². The summed E-state index contributed by atoms with van der Waals surface area (Å²) in [4.78, 5) is 9.03. The molecule has 2 aromatic rings. The molecular formula is C22H29N3O3. The normalized spacial score (nSPS) is 13.1. The average Bonchev–Trinajstić information content (AvgIpc) is 2.61. The van der Waals surface area contributed by atoms with Crippen LogP contribution in [-0.2, 0) is 10.8 Å². The van der Waals surface area contributed by atoms with Gasteiger partial charge in [-0.05, 0) is 24.3 Å². The number of ether oxygens (including phenoxy) is 1. The first kappa shape index (κ1) is 21.4. The lowest BCUT2D eigenvalue weighted by atomic mass is 9.85. The van der Waals surface area contributed by atoms with Crippen molar-refractivity contribution in [2.45, 2.75) is 52.4 Å². The van der Waals surface area contributed by atoms with Crippen LogP contribution in [0.25, 0.3) is 6.08 Å². The van der Waals surface area contributed by atoms with Crippen LogP contribution in [-0.4, -0.2) is 32.6 Å². The highest BCUT2D eigenvalue weighted by molar-refractivity contribution is 5.98. The molecule has 28 heavy (non-hydrogen) atoms. The van der Waals surface area contributed by atoms with Gasteiger partial charge in [-0.15, -0.1) is 0 Å². The van der Waals surface area contributed by atoms with Crippen molar-refractivity contribution in [2.24, 2.45) is 5.16 Å². The number of hydrogen-bond acceptors (Lipinski definition) is 6. The fraction of sp³-hybridized carbons (Fsp3) is 0.409. The largest absolute Gasteiger partial charge is 0.504 e. The summed E-state index contributed by atoms with van der Waals surface area (Å²) >= 11 is 0. The maximum Gasteiger partial charge on any atom is 0.159 e. The molecule has 0 saturated carbocycles. The van der Waals surface area contributed by atoms with E-state index in [4.69, 9.17) is 4.74 Å². The van der Waals surface area contributed by atoms with Gasteiger partial charge in [-0.1, -0.05) is 64.9 Å². The second kappa shape index (κ2) is 8.42. The lowest BCUT2D eigenvalue weighted by molar-refractivity contribution is 0.308. The molecule has 2 N–H and O–H groups in total. The summed E-state index contributed by atoms with van der Waals surface area (Å²) in [7, 11) is 0. The first-order valence-electron chi connectivity index (χ1n) is 9.21. The molecule has 0 unspecified atom stereocenters. The third-order valence-electron chi connectivity index (χ3n) is 4.01. The number of aromatic hydroxyl groups is 1. The zero-order valence-electron chi connectivity index (χ0n) is 17.4. The van der Waals surface area contributed by atoms with Gasteiger partial charge < -0.3 is 15.1 Å². The molecule has 1 aromatic heterocycles. The molecule has 1 heterocycles. The molecule has 0 fully saturated rings. The number of oxime groups is 1. The van der Waals surface area contributed by atoms with Crippen molar-refractivity contribution >= 4 is 11.8 Å². The van der Waals surface area contributed by atoms with Crippen LogP contribution in [0.15, 0.2) is 41.6 Å². The molecule has 0 spiro atoms. The molecule has 6 nitrogen and oxygen atoms in total. The predicted molar refractivity (Wildman–Crippen MR) is 111 cm³/mol. The predicted octanol–water partition coefficient (Wildman–Crippen LogP) is 4.70. The van der Waals surface area contributed by atoms with Gasteiger partial charge in [-0.2, -0.15) is 0 Å². The van der Waals surface area contributed by atoms with Crippen molar-refractivity contribution in [3.63, 3.8) is 0 Å². The quantitative estimate of drug-likeness (QED) is 0.444. The van der Waals surface area contributed by atoms with Crippen LogP contribution in [0, 0.1) is 0 Å². The molecule has 0 radical (unpaired) electrons. The minimum absolute atomic E-state index is 0.105. The third kappa shape index (κ3) is 5.55. The van der Waals surface area contributed by atoms with Crippen molar-refractivity contribution in [3.8, 4) is 11.5 Å². The Morgan fingerprint density at radius 2 is 1.54 bits per heavy atom. The zero-order valence-corrected chi connectivity index (χ0v) is 17.4. The molecule has 6 heteroatoms. The zero-order chi connectivity index (χ0) is 20.9. The summed E-state index contributed by atoms with van der Waals surface area (Å²) in [6.45, 7) is 12.0. The summed E-state index contributed by atoms with van der Waals surface area (Å²) in [6, 6.07) is 9.29. The van der Waals surface area contributed by atoms with Crippen LogP contribution >= 0.6 is 0 Å². The van der Waals surface area contributed by atoms with E-state index in [1.54, 1.807) is 12.2 Å². The van der Waals surface area contributed by atoms with Gasteiger partial charge in [0.1, 0.15) is 18.1 Å². The molecule has 0 aliphatic carbocycles. The maximum atomic E-state index is 10.7. The van der Waals surface area contributed by atoms with E-state index in [2.05, 4.69) is 15.1 Å². The van der Waals surface area contributed by atoms with Crippen LogP contribution < -0.4 is 4.74 Å². The molecule has 150 valence electrons. The molecule has 0 aliphatic rings. The summed E-state index contributed by atoms with van der Waals surface area (Å²) in [6.07, 6.45) is 3.27. The van der Waals surface area contributed by atoms with Crippen molar-refractivity contribution in [1.29, 1.82) is 0 Å². The van der Waals surface area contributed by atoms with E-state index in [0.29, 0.717) is 28.7 Å². The van der Waals surface area contributed by atoms with Crippen molar-refractivity contribution in [3.05, 3.63) is 53.6 Å². The number of aromatic nitrogens is 2. The minimum atomic E-state index is -0.347. The highest BCUT2D eigenvalue weighted by Gasteiger charge is 2.28. The smallest absolute Gasteiger partial charge is 0.159 e. The molecule has 2 rings (SSSR count). The Bertz CT molecular complexity index is 826. The topological polar surface area (TPSA) is 87.8 Å². The first-order valence-corrected chi connectivity index (χ1v) is 9.21. The third-order valence-corrected chi connectivity index (χ3v) is 4.01. The van der Waals surface area contributed by atoms with Gasteiger partial charge in [-0.3, -0.25) is 0 Å². The number of hydrogen-bond donors (Lipinski definition) is 2. The number of rotatable bonds is 5. The van der Waals surface area contributed by atoms with Crippen molar-refractivity contribution in [1.82, 2.24) is 9.97 Å².